The van der Waals surface area contributed by atoms with Crippen molar-refractivity contribution in [2.45, 2.75) is 31.3 Å². The van der Waals surface area contributed by atoms with Gasteiger partial charge in [0.15, 0.2) is 11.5 Å². The summed E-state index contributed by atoms with van der Waals surface area (Å²) in [6.45, 7) is 3.94. The number of carbonyl (C=O) groups is 2. The molecule has 1 atom stereocenters. The molecule has 0 heterocycles. The van der Waals surface area contributed by atoms with Crippen molar-refractivity contribution in [3.63, 3.8) is 0 Å². The molecule has 0 saturated heterocycles. The molecule has 32 heavy (non-hydrogen) atoms. The zero-order chi connectivity index (χ0) is 23.7. The van der Waals surface area contributed by atoms with Crippen LogP contribution in [0, 0.1) is 5.41 Å². The zero-order valence-electron chi connectivity index (χ0n) is 18.6. The summed E-state index contributed by atoms with van der Waals surface area (Å²) in [5, 5.41) is 13.0. The number of anilines is 1. The van der Waals surface area contributed by atoms with Gasteiger partial charge in [-0.15, -0.1) is 11.8 Å². The standard InChI is InChI=1S/C23H29NO6S2/c1-23(2,11-12-29-20(26)14-31)21(15-5-10-19(28-3)18(25)13-15)30-22(27)24-16-6-8-17(32-4)9-7-16/h5-10,13,21,25,31H,11-12,14H2,1-4H3,(H,24,27)/t21-/m1/s1. The lowest BCUT2D eigenvalue weighted by Crippen LogP contribution is -2.30. The van der Waals surface area contributed by atoms with E-state index in [4.69, 9.17) is 14.2 Å². The maximum absolute atomic E-state index is 12.7. The van der Waals surface area contributed by atoms with Crippen LogP contribution in [0.5, 0.6) is 11.5 Å². The summed E-state index contributed by atoms with van der Waals surface area (Å²) in [6, 6.07) is 12.2. The predicted octanol–water partition coefficient (Wildman–Crippen LogP) is 5.30. The Kier molecular flexibility index (Phi) is 9.59. The van der Waals surface area contributed by atoms with Crippen molar-refractivity contribution in [2.75, 3.05) is 31.0 Å². The smallest absolute Gasteiger partial charge is 0.412 e. The van der Waals surface area contributed by atoms with E-state index in [2.05, 4.69) is 17.9 Å². The molecule has 0 spiro atoms. The maximum Gasteiger partial charge on any atom is 0.412 e. The highest BCUT2D eigenvalue weighted by Gasteiger charge is 2.35. The average molecular weight is 480 g/mol. The predicted molar refractivity (Wildman–Crippen MR) is 129 cm³/mol. The number of ether oxygens (including phenoxy) is 3. The molecular formula is C23H29NO6S2. The number of hydrogen-bond acceptors (Lipinski definition) is 8. The van der Waals surface area contributed by atoms with Gasteiger partial charge < -0.3 is 19.3 Å². The summed E-state index contributed by atoms with van der Waals surface area (Å²) >= 11 is 5.51. The van der Waals surface area contributed by atoms with Crippen LogP contribution in [0.1, 0.15) is 31.9 Å². The van der Waals surface area contributed by atoms with E-state index in [-0.39, 0.29) is 18.1 Å². The zero-order valence-corrected chi connectivity index (χ0v) is 20.3. The number of rotatable bonds is 10. The third-order valence-corrected chi connectivity index (χ3v) is 5.92. The van der Waals surface area contributed by atoms with Gasteiger partial charge in [0.2, 0.25) is 0 Å². The average Bonchev–Trinajstić information content (AvgIpc) is 2.77. The van der Waals surface area contributed by atoms with Crippen LogP contribution in [0.2, 0.25) is 0 Å². The first-order chi connectivity index (χ1) is 15.2. The van der Waals surface area contributed by atoms with Crippen molar-refractivity contribution >= 4 is 42.1 Å². The second-order valence-electron chi connectivity index (χ2n) is 7.69. The van der Waals surface area contributed by atoms with E-state index in [1.54, 1.807) is 36.0 Å². The van der Waals surface area contributed by atoms with E-state index in [1.807, 2.05) is 32.2 Å². The Morgan fingerprint density at radius 3 is 2.44 bits per heavy atom. The number of benzene rings is 2. The van der Waals surface area contributed by atoms with Crippen LogP contribution in [0.15, 0.2) is 47.4 Å². The first kappa shape index (κ1) is 25.7. The molecular weight excluding hydrogens is 450 g/mol. The molecule has 0 unspecified atom stereocenters. The normalized spacial score (nSPS) is 12.0. The molecule has 7 nitrogen and oxygen atoms in total. The third kappa shape index (κ3) is 7.27. The van der Waals surface area contributed by atoms with Gasteiger partial charge in [-0.25, -0.2) is 4.79 Å². The molecule has 0 bridgehead atoms. The van der Waals surface area contributed by atoms with E-state index in [0.29, 0.717) is 23.4 Å². The SMILES string of the molecule is COc1ccc([C@@H](OC(=O)Nc2ccc(SC)cc2)C(C)(C)CCOC(=O)CS)cc1O. The van der Waals surface area contributed by atoms with Gasteiger partial charge in [-0.05, 0) is 54.6 Å². The van der Waals surface area contributed by atoms with Gasteiger partial charge in [0.05, 0.1) is 19.5 Å². The fourth-order valence-electron chi connectivity index (χ4n) is 3.08. The minimum absolute atomic E-state index is 0.00948. The van der Waals surface area contributed by atoms with Crippen LogP contribution in [0.25, 0.3) is 0 Å². The molecule has 2 N–H and O–H groups in total. The number of phenolic OH excluding ortho intramolecular Hbond substituents is 1. The molecule has 2 aromatic carbocycles. The van der Waals surface area contributed by atoms with Crippen molar-refractivity contribution in [3.05, 3.63) is 48.0 Å². The first-order valence-corrected chi connectivity index (χ1v) is 11.8. The van der Waals surface area contributed by atoms with E-state index in [9.17, 15) is 14.7 Å². The summed E-state index contributed by atoms with van der Waals surface area (Å²) in [6.07, 6.45) is 1.02. The lowest BCUT2D eigenvalue weighted by molar-refractivity contribution is -0.141. The quantitative estimate of drug-likeness (QED) is 0.242. The third-order valence-electron chi connectivity index (χ3n) is 4.92. The van der Waals surface area contributed by atoms with Gasteiger partial charge in [-0.2, -0.15) is 12.6 Å². The Bertz CT molecular complexity index is 917. The highest BCUT2D eigenvalue weighted by molar-refractivity contribution is 7.98. The second kappa shape index (κ2) is 11.9. The van der Waals surface area contributed by atoms with Crippen molar-refractivity contribution in [1.29, 1.82) is 0 Å². The number of amides is 1. The van der Waals surface area contributed by atoms with Gasteiger partial charge >= 0.3 is 12.1 Å². The summed E-state index contributed by atoms with van der Waals surface area (Å²) in [5.74, 6) is -0.185. The Morgan fingerprint density at radius 2 is 1.88 bits per heavy atom. The molecule has 9 heteroatoms. The molecule has 0 aliphatic carbocycles. The Morgan fingerprint density at radius 1 is 1.19 bits per heavy atom. The molecule has 0 fully saturated rings. The van der Waals surface area contributed by atoms with Gasteiger partial charge in [-0.3, -0.25) is 10.1 Å². The number of methoxy groups -OCH3 is 1. The molecule has 0 aromatic heterocycles. The van der Waals surface area contributed by atoms with E-state index < -0.39 is 23.6 Å². The lowest BCUT2D eigenvalue weighted by Gasteiger charge is -2.34. The summed E-state index contributed by atoms with van der Waals surface area (Å²) in [7, 11) is 1.46. The van der Waals surface area contributed by atoms with Crippen molar-refractivity contribution in [2.24, 2.45) is 5.41 Å². The molecule has 2 aromatic rings. The van der Waals surface area contributed by atoms with Crippen molar-refractivity contribution in [3.8, 4) is 11.5 Å². The first-order valence-electron chi connectivity index (χ1n) is 9.95. The minimum atomic E-state index is -0.737. The number of phenols is 1. The molecule has 0 aliphatic rings. The van der Waals surface area contributed by atoms with Crippen LogP contribution < -0.4 is 10.1 Å². The van der Waals surface area contributed by atoms with Crippen molar-refractivity contribution in [1.82, 2.24) is 0 Å². The fourth-order valence-corrected chi connectivity index (χ4v) is 3.58. The number of hydrogen-bond donors (Lipinski definition) is 3. The number of carbonyl (C=O) groups excluding carboxylic acids is 2. The molecule has 0 aliphatic heterocycles. The summed E-state index contributed by atoms with van der Waals surface area (Å²) < 4.78 is 16.1. The van der Waals surface area contributed by atoms with Gasteiger partial charge in [0.25, 0.3) is 0 Å². The van der Waals surface area contributed by atoms with Gasteiger partial charge in [-0.1, -0.05) is 19.9 Å². The van der Waals surface area contributed by atoms with Gasteiger partial charge in [0.1, 0.15) is 6.10 Å². The van der Waals surface area contributed by atoms with E-state index >= 15 is 0 Å². The number of thiol groups is 1. The molecule has 0 saturated carbocycles. The Balaban J connectivity index is 2.22. The minimum Gasteiger partial charge on any atom is -0.504 e. The topological polar surface area (TPSA) is 94.1 Å². The molecule has 174 valence electrons. The number of thioether (sulfide) groups is 1. The monoisotopic (exact) mass is 479 g/mol. The lowest BCUT2D eigenvalue weighted by atomic mass is 9.79. The van der Waals surface area contributed by atoms with Crippen LogP contribution in [-0.4, -0.2) is 42.9 Å². The molecule has 1 amide bonds. The number of aromatic hydroxyl groups is 1. The van der Waals surface area contributed by atoms with Crippen LogP contribution in [0.4, 0.5) is 10.5 Å². The highest BCUT2D eigenvalue weighted by Crippen LogP contribution is 2.42. The fraction of sp³-hybridized carbons (Fsp3) is 0.391. The molecule has 0 radical (unpaired) electrons. The molecule has 2 rings (SSSR count). The van der Waals surface area contributed by atoms with Crippen molar-refractivity contribution < 1.29 is 28.9 Å². The maximum atomic E-state index is 12.7. The van der Waals surface area contributed by atoms with Gasteiger partial charge in [0, 0.05) is 16.0 Å². The summed E-state index contributed by atoms with van der Waals surface area (Å²) in [5.41, 5.74) is 0.559. The number of nitrogens with one attached hydrogen (secondary N) is 1. The summed E-state index contributed by atoms with van der Waals surface area (Å²) in [4.78, 5) is 25.2. The Hall–Kier alpha value is -2.52. The van der Waals surface area contributed by atoms with E-state index in [0.717, 1.165) is 4.90 Å². The second-order valence-corrected chi connectivity index (χ2v) is 8.88. The number of esters is 1. The highest BCUT2D eigenvalue weighted by atomic mass is 32.2. The Labute approximate surface area is 198 Å². The van der Waals surface area contributed by atoms with Crippen LogP contribution >= 0.6 is 24.4 Å². The van der Waals surface area contributed by atoms with Crippen LogP contribution in [0.3, 0.4) is 0 Å². The van der Waals surface area contributed by atoms with Crippen LogP contribution in [-0.2, 0) is 14.3 Å². The largest absolute Gasteiger partial charge is 0.504 e. The van der Waals surface area contributed by atoms with E-state index in [1.165, 1.54) is 13.2 Å².